The second-order valence-electron chi connectivity index (χ2n) is 7.63. The van der Waals surface area contributed by atoms with Gasteiger partial charge >= 0.3 is 0 Å². The zero-order chi connectivity index (χ0) is 22.0. The van der Waals surface area contributed by atoms with E-state index in [-0.39, 0.29) is 0 Å². The topological polar surface area (TPSA) is 66.4 Å². The summed E-state index contributed by atoms with van der Waals surface area (Å²) in [6.45, 7) is 5.82. The average Bonchev–Trinajstić information content (AvgIpc) is 2.77. The van der Waals surface area contributed by atoms with Crippen molar-refractivity contribution in [3.63, 3.8) is 0 Å². The standard InChI is InChI=1S/C23H25ClN4O2S/c1-17-21(16-19-8-6-7-11-22(19)24)23(26-18(2)25-17)27-12-14-28(15-13-27)31(29,30)20-9-4-3-5-10-20/h3-11H,12-16H2,1-2H3. The number of sulfonamides is 1. The second kappa shape index (κ2) is 8.94. The molecule has 0 saturated carbocycles. The van der Waals surface area contributed by atoms with Crippen LogP contribution in [0, 0.1) is 13.8 Å². The lowest BCUT2D eigenvalue weighted by molar-refractivity contribution is 0.383. The van der Waals surface area contributed by atoms with Crippen LogP contribution in [-0.4, -0.2) is 48.9 Å². The molecule has 2 heterocycles. The number of aryl methyl sites for hydroxylation is 2. The first-order chi connectivity index (χ1) is 14.9. The van der Waals surface area contributed by atoms with Crippen molar-refractivity contribution in [2.45, 2.75) is 25.2 Å². The smallest absolute Gasteiger partial charge is 0.243 e. The van der Waals surface area contributed by atoms with Gasteiger partial charge in [0.2, 0.25) is 10.0 Å². The van der Waals surface area contributed by atoms with Gasteiger partial charge in [0.1, 0.15) is 11.6 Å². The van der Waals surface area contributed by atoms with Gasteiger partial charge in [-0.05, 0) is 37.6 Å². The third-order valence-electron chi connectivity index (χ3n) is 5.55. The Morgan fingerprint density at radius 2 is 1.55 bits per heavy atom. The molecule has 8 heteroatoms. The van der Waals surface area contributed by atoms with E-state index in [9.17, 15) is 8.42 Å². The van der Waals surface area contributed by atoms with Gasteiger partial charge in [-0.3, -0.25) is 0 Å². The lowest BCUT2D eigenvalue weighted by Gasteiger charge is -2.36. The highest BCUT2D eigenvalue weighted by atomic mass is 35.5. The van der Waals surface area contributed by atoms with Crippen molar-refractivity contribution in [1.82, 2.24) is 14.3 Å². The summed E-state index contributed by atoms with van der Waals surface area (Å²) < 4.78 is 27.5. The van der Waals surface area contributed by atoms with Gasteiger partial charge < -0.3 is 4.90 Å². The van der Waals surface area contributed by atoms with Crippen molar-refractivity contribution in [2.24, 2.45) is 0 Å². The average molecular weight is 457 g/mol. The molecule has 1 aromatic heterocycles. The summed E-state index contributed by atoms with van der Waals surface area (Å²) in [5, 5.41) is 0.715. The first-order valence-electron chi connectivity index (χ1n) is 10.2. The number of halogens is 1. The molecule has 0 bridgehead atoms. The zero-order valence-electron chi connectivity index (χ0n) is 17.6. The molecule has 4 rings (SSSR count). The van der Waals surface area contributed by atoms with E-state index in [0.29, 0.717) is 48.3 Å². The fourth-order valence-corrected chi connectivity index (χ4v) is 5.55. The minimum Gasteiger partial charge on any atom is -0.354 e. The molecule has 1 fully saturated rings. The lowest BCUT2D eigenvalue weighted by Crippen LogP contribution is -2.49. The minimum absolute atomic E-state index is 0.330. The SMILES string of the molecule is Cc1nc(C)c(Cc2ccccc2Cl)c(N2CCN(S(=O)(=O)c3ccccc3)CC2)n1. The molecule has 0 N–H and O–H groups in total. The Kier molecular flexibility index (Phi) is 6.27. The van der Waals surface area contributed by atoms with E-state index >= 15 is 0 Å². The third kappa shape index (κ3) is 4.59. The Hall–Kier alpha value is -2.48. The van der Waals surface area contributed by atoms with Crippen molar-refractivity contribution < 1.29 is 8.42 Å². The van der Waals surface area contributed by atoms with Crippen molar-refractivity contribution >= 4 is 27.4 Å². The Morgan fingerprint density at radius 1 is 0.903 bits per heavy atom. The van der Waals surface area contributed by atoms with Crippen molar-refractivity contribution in [2.75, 3.05) is 31.1 Å². The van der Waals surface area contributed by atoms with Gasteiger partial charge in [-0.1, -0.05) is 48.0 Å². The van der Waals surface area contributed by atoms with Crippen LogP contribution in [0.3, 0.4) is 0 Å². The fraction of sp³-hybridized carbons (Fsp3) is 0.304. The van der Waals surface area contributed by atoms with Crippen LogP contribution in [-0.2, 0) is 16.4 Å². The van der Waals surface area contributed by atoms with Crippen LogP contribution in [0.15, 0.2) is 59.5 Å². The van der Waals surface area contributed by atoms with Crippen molar-refractivity contribution in [1.29, 1.82) is 0 Å². The maximum absolute atomic E-state index is 13.0. The van der Waals surface area contributed by atoms with E-state index in [1.807, 2.05) is 44.2 Å². The van der Waals surface area contributed by atoms with E-state index in [2.05, 4.69) is 9.88 Å². The van der Waals surface area contributed by atoms with Gasteiger partial charge in [0, 0.05) is 48.9 Å². The Morgan fingerprint density at radius 3 is 2.23 bits per heavy atom. The van der Waals surface area contributed by atoms with Crippen LogP contribution < -0.4 is 4.90 Å². The van der Waals surface area contributed by atoms with Crippen LogP contribution in [0.2, 0.25) is 5.02 Å². The van der Waals surface area contributed by atoms with Gasteiger partial charge in [-0.2, -0.15) is 4.31 Å². The summed E-state index contributed by atoms with van der Waals surface area (Å²) in [6.07, 6.45) is 0.629. The number of hydrogen-bond donors (Lipinski definition) is 0. The maximum Gasteiger partial charge on any atom is 0.243 e. The van der Waals surface area contributed by atoms with Crippen LogP contribution in [0.5, 0.6) is 0 Å². The monoisotopic (exact) mass is 456 g/mol. The highest BCUT2D eigenvalue weighted by Gasteiger charge is 2.30. The van der Waals surface area contributed by atoms with Gasteiger partial charge in [-0.25, -0.2) is 18.4 Å². The number of nitrogens with zero attached hydrogens (tertiary/aromatic N) is 4. The predicted octanol–water partition coefficient (Wildman–Crippen LogP) is 3.85. The Balaban J connectivity index is 1.58. The number of benzene rings is 2. The van der Waals surface area contributed by atoms with Gasteiger partial charge in [0.05, 0.1) is 4.90 Å². The summed E-state index contributed by atoms with van der Waals surface area (Å²) >= 11 is 6.40. The number of piperazine rings is 1. The molecule has 2 aromatic carbocycles. The molecule has 0 unspecified atom stereocenters. The quantitative estimate of drug-likeness (QED) is 0.583. The molecule has 0 radical (unpaired) electrons. The fourth-order valence-electron chi connectivity index (χ4n) is 3.90. The van der Waals surface area contributed by atoms with Crippen molar-refractivity contribution in [3.05, 3.63) is 82.3 Å². The molecule has 1 saturated heterocycles. The normalized spacial score (nSPS) is 15.3. The highest BCUT2D eigenvalue weighted by Crippen LogP contribution is 2.28. The lowest BCUT2D eigenvalue weighted by atomic mass is 10.0. The van der Waals surface area contributed by atoms with Crippen LogP contribution >= 0.6 is 11.6 Å². The van der Waals surface area contributed by atoms with E-state index in [1.165, 1.54) is 0 Å². The first-order valence-corrected chi connectivity index (χ1v) is 12.1. The molecule has 0 amide bonds. The molecular formula is C23H25ClN4O2S. The first kappa shape index (κ1) is 21.7. The maximum atomic E-state index is 13.0. The molecule has 3 aromatic rings. The second-order valence-corrected chi connectivity index (χ2v) is 9.98. The molecular weight excluding hydrogens is 432 g/mol. The van der Waals surface area contributed by atoms with Crippen LogP contribution in [0.4, 0.5) is 5.82 Å². The van der Waals surface area contributed by atoms with Gasteiger partial charge in [0.25, 0.3) is 0 Å². The van der Waals surface area contributed by atoms with E-state index in [0.717, 1.165) is 22.6 Å². The molecule has 1 aliphatic rings. The predicted molar refractivity (Wildman–Crippen MR) is 123 cm³/mol. The molecule has 31 heavy (non-hydrogen) atoms. The highest BCUT2D eigenvalue weighted by molar-refractivity contribution is 7.89. The largest absolute Gasteiger partial charge is 0.354 e. The Bertz CT molecular complexity index is 1180. The molecule has 0 atom stereocenters. The number of rotatable bonds is 5. The van der Waals surface area contributed by atoms with E-state index in [1.54, 1.807) is 28.6 Å². The third-order valence-corrected chi connectivity index (χ3v) is 7.83. The summed E-state index contributed by atoms with van der Waals surface area (Å²) in [7, 11) is -3.49. The summed E-state index contributed by atoms with van der Waals surface area (Å²) in [5.74, 6) is 1.57. The minimum atomic E-state index is -3.49. The summed E-state index contributed by atoms with van der Waals surface area (Å²) in [5.41, 5.74) is 2.96. The van der Waals surface area contributed by atoms with Crippen LogP contribution in [0.1, 0.15) is 22.6 Å². The number of hydrogen-bond acceptors (Lipinski definition) is 5. The number of aromatic nitrogens is 2. The summed E-state index contributed by atoms with van der Waals surface area (Å²) in [4.78, 5) is 11.8. The Labute approximate surface area is 188 Å². The molecule has 6 nitrogen and oxygen atoms in total. The summed E-state index contributed by atoms with van der Waals surface area (Å²) in [6, 6.07) is 16.4. The van der Waals surface area contributed by atoms with Gasteiger partial charge in [-0.15, -0.1) is 0 Å². The molecule has 0 spiro atoms. The number of anilines is 1. The molecule has 0 aliphatic carbocycles. The van der Waals surface area contributed by atoms with Gasteiger partial charge in [0.15, 0.2) is 0 Å². The van der Waals surface area contributed by atoms with Crippen molar-refractivity contribution in [3.8, 4) is 0 Å². The van der Waals surface area contributed by atoms with E-state index < -0.39 is 10.0 Å². The molecule has 1 aliphatic heterocycles. The van der Waals surface area contributed by atoms with E-state index in [4.69, 9.17) is 16.6 Å². The zero-order valence-corrected chi connectivity index (χ0v) is 19.2. The molecule has 162 valence electrons. The van der Waals surface area contributed by atoms with Crippen LogP contribution in [0.25, 0.3) is 0 Å².